The van der Waals surface area contributed by atoms with E-state index >= 15 is 0 Å². The molecule has 3 heterocycles. The Morgan fingerprint density at radius 1 is 1.24 bits per heavy atom. The largest absolute Gasteiger partial charge is 0.424 e. The topological polar surface area (TPSA) is 151 Å². The molecule has 10 nitrogen and oxygen atoms in total. The van der Waals surface area contributed by atoms with Gasteiger partial charge in [0.25, 0.3) is 6.01 Å². The summed E-state index contributed by atoms with van der Waals surface area (Å²) in [6, 6.07) is 5.65. The van der Waals surface area contributed by atoms with Crippen LogP contribution in [-0.4, -0.2) is 37.2 Å². The number of oxazole rings is 1. The van der Waals surface area contributed by atoms with Crippen molar-refractivity contribution in [2.45, 2.75) is 32.7 Å². The van der Waals surface area contributed by atoms with Gasteiger partial charge in [-0.3, -0.25) is 4.79 Å². The number of benzene rings is 1. The highest BCUT2D eigenvalue weighted by molar-refractivity contribution is 5.99. The second-order valence-electron chi connectivity index (χ2n) is 6.67. The van der Waals surface area contributed by atoms with Gasteiger partial charge in [0.05, 0.1) is 5.39 Å². The molecule has 0 spiro atoms. The highest BCUT2D eigenvalue weighted by Gasteiger charge is 2.18. The first-order chi connectivity index (χ1) is 14.1. The highest BCUT2D eigenvalue weighted by atomic mass is 16.4. The maximum absolute atomic E-state index is 11.3. The van der Waals surface area contributed by atoms with Crippen LogP contribution in [0.15, 0.2) is 28.9 Å². The standard InChI is InChI=1S/C19H22N8O2/c1-2-14(28)22-7-3-4-8-27-18-15(17(20)23-10-24-18)16(26-27)11-5-6-13-12(9-11)25-19(21)29-13/h5-6,9-10H,2-4,7-8H2,1H3,(H2,21,25)(H,22,28)(H2,20,23,24). The first kappa shape index (κ1) is 18.7. The Hall–Kier alpha value is -3.69. The van der Waals surface area contributed by atoms with Crippen molar-refractivity contribution >= 4 is 39.9 Å². The number of aryl methyl sites for hydroxylation is 1. The molecule has 0 radical (unpaired) electrons. The van der Waals surface area contributed by atoms with E-state index in [9.17, 15) is 4.79 Å². The molecule has 0 saturated carbocycles. The maximum Gasteiger partial charge on any atom is 0.292 e. The number of nitrogen functional groups attached to an aromatic ring is 2. The van der Waals surface area contributed by atoms with Gasteiger partial charge >= 0.3 is 0 Å². The molecule has 4 aromatic rings. The van der Waals surface area contributed by atoms with Gasteiger partial charge in [-0.1, -0.05) is 6.92 Å². The number of carbonyl (C=O) groups is 1. The lowest BCUT2D eigenvalue weighted by molar-refractivity contribution is -0.120. The van der Waals surface area contributed by atoms with Crippen molar-refractivity contribution in [3.63, 3.8) is 0 Å². The second kappa shape index (κ2) is 7.74. The molecule has 0 fully saturated rings. The zero-order valence-electron chi connectivity index (χ0n) is 16.1. The van der Waals surface area contributed by atoms with Gasteiger partial charge in [-0.25, -0.2) is 14.6 Å². The maximum atomic E-state index is 11.3. The zero-order chi connectivity index (χ0) is 20.4. The Balaban J connectivity index is 1.63. The van der Waals surface area contributed by atoms with Crippen molar-refractivity contribution in [1.29, 1.82) is 0 Å². The number of nitrogens with two attached hydrogens (primary N) is 2. The number of aromatic nitrogens is 5. The average Bonchev–Trinajstić information content (AvgIpc) is 3.27. The van der Waals surface area contributed by atoms with E-state index in [1.54, 1.807) is 6.07 Å². The molecule has 29 heavy (non-hydrogen) atoms. The number of unbranched alkanes of at least 4 members (excludes halogenated alkanes) is 1. The van der Waals surface area contributed by atoms with Crippen LogP contribution in [0.25, 0.3) is 33.4 Å². The number of anilines is 2. The van der Waals surface area contributed by atoms with E-state index in [0.717, 1.165) is 18.4 Å². The molecule has 10 heteroatoms. The lowest BCUT2D eigenvalue weighted by atomic mass is 10.1. The number of fused-ring (bicyclic) bond motifs is 2. The fourth-order valence-electron chi connectivity index (χ4n) is 3.22. The van der Waals surface area contributed by atoms with E-state index in [2.05, 4.69) is 20.3 Å². The van der Waals surface area contributed by atoms with Crippen molar-refractivity contribution in [3.05, 3.63) is 24.5 Å². The number of rotatable bonds is 7. The van der Waals surface area contributed by atoms with E-state index in [1.807, 2.05) is 23.7 Å². The summed E-state index contributed by atoms with van der Waals surface area (Å²) in [5.41, 5.74) is 15.2. The second-order valence-corrected chi connectivity index (χ2v) is 6.67. The monoisotopic (exact) mass is 394 g/mol. The van der Waals surface area contributed by atoms with Crippen LogP contribution in [0.3, 0.4) is 0 Å². The lowest BCUT2D eigenvalue weighted by Crippen LogP contribution is -2.23. The molecule has 4 rings (SSSR count). The molecule has 0 aliphatic rings. The normalized spacial score (nSPS) is 11.3. The SMILES string of the molecule is CCC(=O)NCCCCn1nc(-c2ccc3oc(N)nc3c2)c2c(N)ncnc21. The minimum absolute atomic E-state index is 0.0567. The fourth-order valence-corrected chi connectivity index (χ4v) is 3.22. The van der Waals surface area contributed by atoms with Crippen LogP contribution in [0, 0.1) is 0 Å². The van der Waals surface area contributed by atoms with Gasteiger partial charge in [0.1, 0.15) is 23.4 Å². The third-order valence-electron chi connectivity index (χ3n) is 4.68. The van der Waals surface area contributed by atoms with Crippen LogP contribution in [0.1, 0.15) is 26.2 Å². The average molecular weight is 394 g/mol. The van der Waals surface area contributed by atoms with Crippen LogP contribution in [0.5, 0.6) is 0 Å². The highest BCUT2D eigenvalue weighted by Crippen LogP contribution is 2.32. The quantitative estimate of drug-likeness (QED) is 0.403. The van der Waals surface area contributed by atoms with Crippen molar-refractivity contribution in [3.8, 4) is 11.3 Å². The Morgan fingerprint density at radius 3 is 2.93 bits per heavy atom. The van der Waals surface area contributed by atoms with Crippen molar-refractivity contribution in [2.75, 3.05) is 18.0 Å². The first-order valence-electron chi connectivity index (χ1n) is 9.47. The molecular formula is C19H22N8O2. The van der Waals surface area contributed by atoms with E-state index in [0.29, 0.717) is 53.2 Å². The Morgan fingerprint density at radius 2 is 2.10 bits per heavy atom. The number of hydrogen-bond donors (Lipinski definition) is 3. The van der Waals surface area contributed by atoms with Crippen LogP contribution in [-0.2, 0) is 11.3 Å². The molecule has 0 aliphatic carbocycles. The summed E-state index contributed by atoms with van der Waals surface area (Å²) in [5, 5.41) is 8.31. The lowest BCUT2D eigenvalue weighted by Gasteiger charge is -2.04. The van der Waals surface area contributed by atoms with Crippen molar-refractivity contribution in [1.82, 2.24) is 30.0 Å². The number of nitrogens with zero attached hydrogens (tertiary/aromatic N) is 5. The van der Waals surface area contributed by atoms with Crippen molar-refractivity contribution in [2.24, 2.45) is 0 Å². The summed E-state index contributed by atoms with van der Waals surface area (Å²) in [5.74, 6) is 0.424. The van der Waals surface area contributed by atoms with Gasteiger partial charge in [-0.05, 0) is 31.0 Å². The molecule has 0 bridgehead atoms. The van der Waals surface area contributed by atoms with E-state index in [1.165, 1.54) is 6.33 Å². The first-order valence-corrected chi connectivity index (χ1v) is 9.47. The summed E-state index contributed by atoms with van der Waals surface area (Å²) in [6.45, 7) is 3.12. The van der Waals surface area contributed by atoms with E-state index < -0.39 is 0 Å². The van der Waals surface area contributed by atoms with Gasteiger partial charge in [0.15, 0.2) is 11.2 Å². The molecule has 0 saturated heterocycles. The molecule has 0 atom stereocenters. The van der Waals surface area contributed by atoms with Crippen LogP contribution in [0.2, 0.25) is 0 Å². The minimum Gasteiger partial charge on any atom is -0.424 e. The minimum atomic E-state index is 0.0567. The third kappa shape index (κ3) is 3.68. The Labute approximate surface area is 166 Å². The molecule has 150 valence electrons. The third-order valence-corrected chi connectivity index (χ3v) is 4.68. The predicted molar refractivity (Wildman–Crippen MR) is 110 cm³/mol. The molecule has 3 aromatic heterocycles. The van der Waals surface area contributed by atoms with Gasteiger partial charge in [-0.2, -0.15) is 10.1 Å². The Kier molecular flexibility index (Phi) is 4.98. The van der Waals surface area contributed by atoms with Gasteiger partial charge in [0.2, 0.25) is 5.91 Å². The number of carbonyl (C=O) groups excluding carboxylic acids is 1. The van der Waals surface area contributed by atoms with Crippen molar-refractivity contribution < 1.29 is 9.21 Å². The molecule has 0 aliphatic heterocycles. The summed E-state index contributed by atoms with van der Waals surface area (Å²) in [7, 11) is 0. The summed E-state index contributed by atoms with van der Waals surface area (Å²) < 4.78 is 7.16. The summed E-state index contributed by atoms with van der Waals surface area (Å²) in [4.78, 5) is 24.0. The molecular weight excluding hydrogens is 372 g/mol. The van der Waals surface area contributed by atoms with Crippen LogP contribution >= 0.6 is 0 Å². The molecule has 1 amide bonds. The van der Waals surface area contributed by atoms with E-state index in [4.69, 9.17) is 21.0 Å². The number of nitrogens with one attached hydrogen (secondary N) is 1. The molecule has 5 N–H and O–H groups in total. The smallest absolute Gasteiger partial charge is 0.292 e. The van der Waals surface area contributed by atoms with Gasteiger partial charge < -0.3 is 21.2 Å². The molecule has 1 aromatic carbocycles. The fraction of sp³-hybridized carbons (Fsp3) is 0.316. The number of amides is 1. The number of hydrogen-bond acceptors (Lipinski definition) is 8. The van der Waals surface area contributed by atoms with Crippen LogP contribution in [0.4, 0.5) is 11.8 Å². The summed E-state index contributed by atoms with van der Waals surface area (Å²) >= 11 is 0. The van der Waals surface area contributed by atoms with Gasteiger partial charge in [-0.15, -0.1) is 0 Å². The zero-order valence-corrected chi connectivity index (χ0v) is 16.1. The van der Waals surface area contributed by atoms with Crippen LogP contribution < -0.4 is 16.8 Å². The van der Waals surface area contributed by atoms with E-state index in [-0.39, 0.29) is 11.9 Å². The molecule has 0 unspecified atom stereocenters. The summed E-state index contributed by atoms with van der Waals surface area (Å²) in [6.07, 6.45) is 3.60. The van der Waals surface area contributed by atoms with Gasteiger partial charge in [0, 0.05) is 25.1 Å². The Bertz CT molecular complexity index is 1180. The predicted octanol–water partition coefficient (Wildman–Crippen LogP) is 2.11.